The smallest absolute Gasteiger partial charge is 0.335 e. The molecule has 0 radical (unpaired) electrons. The van der Waals surface area contributed by atoms with E-state index < -0.39 is 11.9 Å². The molecular weight excluding hydrogens is 422 g/mol. The first-order valence-electron chi connectivity index (χ1n) is 9.23. The van der Waals surface area contributed by atoms with Crippen molar-refractivity contribution in [3.63, 3.8) is 0 Å². The number of carboxylic acid groups (broad SMARTS) is 2. The van der Waals surface area contributed by atoms with Gasteiger partial charge in [-0.25, -0.2) is 9.78 Å². The van der Waals surface area contributed by atoms with Crippen LogP contribution in [0.3, 0.4) is 0 Å². The Balaban J connectivity index is 0.00000231. The van der Waals surface area contributed by atoms with E-state index in [1.807, 2.05) is 6.07 Å². The first kappa shape index (κ1) is 20.4. The number of carboxylic acids is 2. The lowest BCUT2D eigenvalue weighted by Gasteiger charge is -2.05. The van der Waals surface area contributed by atoms with Crippen LogP contribution in [0.4, 0.5) is 0 Å². The number of hydrogen-bond donors (Lipinski definition) is 3. The summed E-state index contributed by atoms with van der Waals surface area (Å²) in [5.41, 5.74) is 5.22. The van der Waals surface area contributed by atoms with Crippen molar-refractivity contribution in [3.05, 3.63) is 81.4 Å². The van der Waals surface area contributed by atoms with Gasteiger partial charge in [0.05, 0.1) is 29.1 Å². The Morgan fingerprint density at radius 3 is 2.52 bits per heavy atom. The van der Waals surface area contributed by atoms with E-state index in [1.165, 1.54) is 12.1 Å². The highest BCUT2D eigenvalue weighted by Gasteiger charge is 2.26. The van der Waals surface area contributed by atoms with E-state index >= 15 is 0 Å². The second kappa shape index (κ2) is 7.41. The minimum Gasteiger partial charge on any atom is -0.481 e. The molecule has 0 unspecified atom stereocenters. The predicted octanol–water partition coefficient (Wildman–Crippen LogP) is 3.01. The summed E-state index contributed by atoms with van der Waals surface area (Å²) >= 11 is 0. The quantitative estimate of drug-likeness (QED) is 0.397. The lowest BCUT2D eigenvalue weighted by atomic mass is 10.0. The summed E-state index contributed by atoms with van der Waals surface area (Å²) in [7, 11) is 0. The van der Waals surface area contributed by atoms with Gasteiger partial charge < -0.3 is 15.2 Å². The topological polar surface area (TPSA) is 125 Å². The van der Waals surface area contributed by atoms with Gasteiger partial charge in [-0.05, 0) is 23.3 Å². The maximum Gasteiger partial charge on any atom is 0.335 e. The number of hydrogen-bond acceptors (Lipinski definition) is 4. The number of benzene rings is 2. The van der Waals surface area contributed by atoms with Gasteiger partial charge in [0.25, 0.3) is 5.56 Å². The van der Waals surface area contributed by atoms with Crippen molar-refractivity contribution in [2.45, 2.75) is 12.8 Å². The van der Waals surface area contributed by atoms with Crippen molar-refractivity contribution in [3.8, 4) is 22.5 Å². The number of rotatable bonds is 4. The Labute approximate surface area is 181 Å². The highest BCUT2D eigenvalue weighted by atomic mass is 35.5. The molecule has 3 N–H and O–H groups in total. The molecule has 2 aromatic heterocycles. The SMILES string of the molecule is Cl.O=C(O)Cc1cccc2c1Cc1c-2[nH]c(=O)c2nc(-c3ccc(C(=O)O)cc3)cn12. The number of nitrogens with one attached hydrogen (secondary N) is 1. The molecule has 31 heavy (non-hydrogen) atoms. The molecule has 1 aliphatic carbocycles. The summed E-state index contributed by atoms with van der Waals surface area (Å²) < 4.78 is 1.74. The highest BCUT2D eigenvalue weighted by molar-refractivity contribution is 5.88. The van der Waals surface area contributed by atoms with Crippen molar-refractivity contribution in [2.24, 2.45) is 0 Å². The predicted molar refractivity (Wildman–Crippen MR) is 115 cm³/mol. The maximum atomic E-state index is 12.7. The minimum absolute atomic E-state index is 0. The third-order valence-electron chi connectivity index (χ3n) is 5.38. The van der Waals surface area contributed by atoms with Crippen LogP contribution in [0.1, 0.15) is 27.2 Å². The molecule has 0 aliphatic heterocycles. The van der Waals surface area contributed by atoms with E-state index in [1.54, 1.807) is 34.9 Å². The number of imidazole rings is 1. The van der Waals surface area contributed by atoms with Crippen LogP contribution in [0.25, 0.3) is 28.2 Å². The summed E-state index contributed by atoms with van der Waals surface area (Å²) in [5.74, 6) is -1.92. The molecule has 4 aromatic rings. The number of aromatic carboxylic acids is 1. The van der Waals surface area contributed by atoms with Crippen molar-refractivity contribution in [2.75, 3.05) is 0 Å². The summed E-state index contributed by atoms with van der Waals surface area (Å²) in [6.07, 6.45) is 2.15. The first-order chi connectivity index (χ1) is 14.4. The fourth-order valence-electron chi connectivity index (χ4n) is 4.00. The van der Waals surface area contributed by atoms with Gasteiger partial charge in [0.2, 0.25) is 5.65 Å². The number of fused-ring (bicyclic) bond motifs is 5. The van der Waals surface area contributed by atoms with Gasteiger partial charge in [-0.1, -0.05) is 30.3 Å². The standard InChI is InChI=1S/C22H15N3O5.ClH/c26-18(27)8-13-2-1-3-14-15(13)9-17-19(14)24-21(28)20-23-16(10-25(17)20)11-4-6-12(7-5-11)22(29)30;/h1-7,10H,8-9H2,(H,24,28)(H,26,27)(H,29,30);1H. The number of aliphatic carboxylic acids is 1. The molecule has 0 atom stereocenters. The van der Waals surface area contributed by atoms with E-state index in [0.717, 1.165) is 22.4 Å². The van der Waals surface area contributed by atoms with Gasteiger partial charge in [0, 0.05) is 23.7 Å². The fourth-order valence-corrected chi connectivity index (χ4v) is 4.00. The molecule has 0 saturated heterocycles. The van der Waals surface area contributed by atoms with Crippen LogP contribution in [0, 0.1) is 0 Å². The molecule has 0 spiro atoms. The maximum absolute atomic E-state index is 12.7. The molecule has 156 valence electrons. The Morgan fingerprint density at radius 2 is 1.84 bits per heavy atom. The van der Waals surface area contributed by atoms with Gasteiger partial charge in [0.15, 0.2) is 0 Å². The van der Waals surface area contributed by atoms with Crippen LogP contribution in [0.15, 0.2) is 53.5 Å². The molecule has 2 aromatic carbocycles. The minimum atomic E-state index is -1.01. The Hall–Kier alpha value is -3.91. The summed E-state index contributed by atoms with van der Waals surface area (Å²) in [6.45, 7) is 0. The second-order valence-electron chi connectivity index (χ2n) is 7.17. The molecule has 0 fully saturated rings. The zero-order chi connectivity index (χ0) is 21.0. The third kappa shape index (κ3) is 3.27. The zero-order valence-corrected chi connectivity index (χ0v) is 16.8. The number of H-pyrrole nitrogens is 1. The molecule has 2 heterocycles. The van der Waals surface area contributed by atoms with Crippen LogP contribution >= 0.6 is 12.4 Å². The lowest BCUT2D eigenvalue weighted by Crippen LogP contribution is -2.13. The largest absolute Gasteiger partial charge is 0.481 e. The Morgan fingerprint density at radius 1 is 1.10 bits per heavy atom. The molecular formula is C22H16ClN3O5. The molecule has 0 bridgehead atoms. The van der Waals surface area contributed by atoms with Crippen molar-refractivity contribution < 1.29 is 19.8 Å². The fraction of sp³-hybridized carbons (Fsp3) is 0.0909. The Kier molecular flexibility index (Phi) is 4.87. The molecule has 5 rings (SSSR count). The first-order valence-corrected chi connectivity index (χ1v) is 9.23. The van der Waals surface area contributed by atoms with Crippen molar-refractivity contribution in [1.29, 1.82) is 0 Å². The molecule has 9 heteroatoms. The van der Waals surface area contributed by atoms with Crippen LogP contribution in [0.2, 0.25) is 0 Å². The Bertz CT molecular complexity index is 1420. The third-order valence-corrected chi connectivity index (χ3v) is 5.38. The van der Waals surface area contributed by atoms with E-state index in [9.17, 15) is 19.5 Å². The zero-order valence-electron chi connectivity index (χ0n) is 16.0. The monoisotopic (exact) mass is 437 g/mol. The normalized spacial score (nSPS) is 11.6. The van der Waals surface area contributed by atoms with Gasteiger partial charge in [-0.15, -0.1) is 12.4 Å². The molecule has 1 aliphatic rings. The van der Waals surface area contributed by atoms with Crippen LogP contribution in [0.5, 0.6) is 0 Å². The molecule has 8 nitrogen and oxygen atoms in total. The number of aromatic amines is 1. The van der Waals surface area contributed by atoms with E-state index in [4.69, 9.17) is 5.11 Å². The number of aromatic nitrogens is 3. The average Bonchev–Trinajstić information content (AvgIpc) is 3.31. The van der Waals surface area contributed by atoms with Crippen LogP contribution < -0.4 is 5.56 Å². The molecule has 0 amide bonds. The van der Waals surface area contributed by atoms with Gasteiger partial charge in [0.1, 0.15) is 0 Å². The van der Waals surface area contributed by atoms with Gasteiger partial charge in [-0.2, -0.15) is 0 Å². The second-order valence-corrected chi connectivity index (χ2v) is 7.17. The number of nitrogens with zero attached hydrogens (tertiary/aromatic N) is 2. The summed E-state index contributed by atoms with van der Waals surface area (Å²) in [4.78, 5) is 42.3. The van der Waals surface area contributed by atoms with E-state index in [0.29, 0.717) is 23.4 Å². The summed E-state index contributed by atoms with van der Waals surface area (Å²) in [6, 6.07) is 11.7. The highest BCUT2D eigenvalue weighted by Crippen LogP contribution is 2.37. The number of carbonyl (C=O) groups is 2. The lowest BCUT2D eigenvalue weighted by molar-refractivity contribution is -0.136. The molecule has 0 saturated carbocycles. The number of halogens is 1. The van der Waals surface area contributed by atoms with Crippen LogP contribution in [-0.2, 0) is 17.6 Å². The van der Waals surface area contributed by atoms with E-state index in [-0.39, 0.29) is 35.6 Å². The van der Waals surface area contributed by atoms with Crippen molar-refractivity contribution in [1.82, 2.24) is 14.4 Å². The van der Waals surface area contributed by atoms with Gasteiger partial charge >= 0.3 is 11.9 Å². The van der Waals surface area contributed by atoms with Gasteiger partial charge in [-0.3, -0.25) is 14.0 Å². The van der Waals surface area contributed by atoms with E-state index in [2.05, 4.69) is 9.97 Å². The van der Waals surface area contributed by atoms with Crippen molar-refractivity contribution >= 4 is 30.0 Å². The average molecular weight is 438 g/mol. The summed E-state index contributed by atoms with van der Waals surface area (Å²) in [5, 5.41) is 18.3. The van der Waals surface area contributed by atoms with Crippen LogP contribution in [-0.4, -0.2) is 36.5 Å².